The summed E-state index contributed by atoms with van der Waals surface area (Å²) in [4.78, 5) is 0. The summed E-state index contributed by atoms with van der Waals surface area (Å²) in [5, 5.41) is 8.59. The van der Waals surface area contributed by atoms with Gasteiger partial charge in [-0.05, 0) is 17.8 Å². The van der Waals surface area contributed by atoms with Crippen molar-refractivity contribution in [2.45, 2.75) is 66.2 Å². The lowest BCUT2D eigenvalue weighted by Gasteiger charge is -2.17. The average Bonchev–Trinajstić information content (AvgIpc) is 2.20. The minimum absolute atomic E-state index is 0.139. The van der Waals surface area contributed by atoms with Crippen LogP contribution in [0.2, 0.25) is 0 Å². The molecule has 0 unspecified atom stereocenters. The molecule has 0 aromatic rings. The van der Waals surface area contributed by atoms with Crippen LogP contribution in [-0.4, -0.2) is 11.7 Å². The third-order valence-corrected chi connectivity index (χ3v) is 3.28. The first-order chi connectivity index (χ1) is 6.52. The highest BCUT2D eigenvalue weighted by molar-refractivity contribution is 4.62. The Morgan fingerprint density at radius 3 is 1.79 bits per heavy atom. The van der Waals surface area contributed by atoms with Crippen molar-refractivity contribution in [3.8, 4) is 0 Å². The first-order valence-corrected chi connectivity index (χ1v) is 6.12. The molecule has 86 valence electrons. The van der Waals surface area contributed by atoms with Gasteiger partial charge in [-0.25, -0.2) is 0 Å². The standard InChI is InChI=1S/C7H14.C6H14O/c1-7-5-3-2-4-6-7;1-4-6(2,3)5-7/h7H,2-6H2,1H3;7H,4-5H2,1-3H3. The fraction of sp³-hybridized carbons (Fsp3) is 1.00. The quantitative estimate of drug-likeness (QED) is 0.714. The molecule has 0 atom stereocenters. The van der Waals surface area contributed by atoms with Gasteiger partial charge in [-0.15, -0.1) is 0 Å². The number of rotatable bonds is 2. The summed E-state index contributed by atoms with van der Waals surface area (Å²) in [6.45, 7) is 8.83. The zero-order valence-corrected chi connectivity index (χ0v) is 10.5. The predicted molar refractivity (Wildman–Crippen MR) is 63.4 cm³/mol. The molecule has 1 heteroatoms. The first kappa shape index (κ1) is 14.0. The molecule has 1 nitrogen and oxygen atoms in total. The summed E-state index contributed by atoms with van der Waals surface area (Å²) >= 11 is 0. The van der Waals surface area contributed by atoms with E-state index in [-0.39, 0.29) is 5.41 Å². The van der Waals surface area contributed by atoms with Crippen LogP contribution in [0.4, 0.5) is 0 Å². The van der Waals surface area contributed by atoms with Crippen LogP contribution in [0.25, 0.3) is 0 Å². The van der Waals surface area contributed by atoms with E-state index in [9.17, 15) is 0 Å². The van der Waals surface area contributed by atoms with E-state index >= 15 is 0 Å². The van der Waals surface area contributed by atoms with E-state index in [0.717, 1.165) is 12.3 Å². The fourth-order valence-corrected chi connectivity index (χ4v) is 1.42. The smallest absolute Gasteiger partial charge is 0.0482 e. The van der Waals surface area contributed by atoms with Gasteiger partial charge < -0.3 is 5.11 Å². The lowest BCUT2D eigenvalue weighted by molar-refractivity contribution is 0.155. The van der Waals surface area contributed by atoms with Crippen LogP contribution in [-0.2, 0) is 0 Å². The van der Waals surface area contributed by atoms with Crippen LogP contribution in [0.1, 0.15) is 66.2 Å². The van der Waals surface area contributed by atoms with Crippen LogP contribution in [0.15, 0.2) is 0 Å². The molecule has 0 radical (unpaired) electrons. The molecule has 0 heterocycles. The minimum Gasteiger partial charge on any atom is -0.396 e. The highest BCUT2D eigenvalue weighted by Gasteiger charge is 2.11. The van der Waals surface area contributed by atoms with E-state index in [2.05, 4.69) is 13.8 Å². The van der Waals surface area contributed by atoms with Crippen LogP contribution in [0, 0.1) is 11.3 Å². The van der Waals surface area contributed by atoms with Gasteiger partial charge >= 0.3 is 0 Å². The molecule has 1 N–H and O–H groups in total. The molecule has 14 heavy (non-hydrogen) atoms. The van der Waals surface area contributed by atoms with E-state index in [1.807, 2.05) is 13.8 Å². The first-order valence-electron chi connectivity index (χ1n) is 6.12. The molecule has 0 aromatic heterocycles. The lowest BCUT2D eigenvalue weighted by Crippen LogP contribution is -2.14. The Kier molecular flexibility index (Phi) is 7.26. The molecule has 0 aliphatic heterocycles. The Balaban J connectivity index is 0.000000241. The number of aliphatic hydroxyl groups is 1. The Morgan fingerprint density at radius 2 is 1.64 bits per heavy atom. The Hall–Kier alpha value is -0.0400. The third kappa shape index (κ3) is 7.37. The van der Waals surface area contributed by atoms with Crippen molar-refractivity contribution < 1.29 is 5.11 Å². The van der Waals surface area contributed by atoms with E-state index in [1.165, 1.54) is 32.1 Å². The highest BCUT2D eigenvalue weighted by Crippen LogP contribution is 2.22. The Labute approximate surface area is 89.9 Å². The van der Waals surface area contributed by atoms with Gasteiger partial charge in [-0.2, -0.15) is 0 Å². The van der Waals surface area contributed by atoms with Gasteiger partial charge in [0, 0.05) is 6.61 Å². The van der Waals surface area contributed by atoms with Gasteiger partial charge in [0.1, 0.15) is 0 Å². The second-order valence-electron chi connectivity index (χ2n) is 5.42. The summed E-state index contributed by atoms with van der Waals surface area (Å²) in [7, 11) is 0. The van der Waals surface area contributed by atoms with Gasteiger partial charge in [0.25, 0.3) is 0 Å². The van der Waals surface area contributed by atoms with E-state index in [4.69, 9.17) is 5.11 Å². The molecule has 1 fully saturated rings. The third-order valence-electron chi connectivity index (χ3n) is 3.28. The van der Waals surface area contributed by atoms with Crippen molar-refractivity contribution in [1.29, 1.82) is 0 Å². The van der Waals surface area contributed by atoms with Crippen LogP contribution < -0.4 is 0 Å². The lowest BCUT2D eigenvalue weighted by atomic mass is 9.91. The van der Waals surface area contributed by atoms with E-state index in [1.54, 1.807) is 0 Å². The largest absolute Gasteiger partial charge is 0.396 e. The molecule has 0 saturated heterocycles. The summed E-state index contributed by atoms with van der Waals surface area (Å²) in [6.07, 6.45) is 8.48. The number of hydrogen-bond donors (Lipinski definition) is 1. The zero-order valence-electron chi connectivity index (χ0n) is 10.5. The van der Waals surface area contributed by atoms with Crippen molar-refractivity contribution >= 4 is 0 Å². The zero-order chi connectivity index (χ0) is 11.0. The van der Waals surface area contributed by atoms with E-state index in [0.29, 0.717) is 6.61 Å². The topological polar surface area (TPSA) is 20.2 Å². The molecular formula is C13H28O. The van der Waals surface area contributed by atoms with Gasteiger partial charge in [0.2, 0.25) is 0 Å². The maximum Gasteiger partial charge on any atom is 0.0482 e. The van der Waals surface area contributed by atoms with Gasteiger partial charge in [-0.3, -0.25) is 0 Å². The van der Waals surface area contributed by atoms with Crippen LogP contribution >= 0.6 is 0 Å². The Bertz CT molecular complexity index is 117. The van der Waals surface area contributed by atoms with Crippen molar-refractivity contribution in [3.05, 3.63) is 0 Å². The van der Waals surface area contributed by atoms with Gasteiger partial charge in [0.05, 0.1) is 0 Å². The van der Waals surface area contributed by atoms with Crippen molar-refractivity contribution in [1.82, 2.24) is 0 Å². The monoisotopic (exact) mass is 200 g/mol. The normalized spacial score (nSPS) is 18.6. The maximum absolute atomic E-state index is 8.59. The molecular weight excluding hydrogens is 172 g/mol. The van der Waals surface area contributed by atoms with Gasteiger partial charge in [-0.1, -0.05) is 59.8 Å². The molecule has 0 spiro atoms. The summed E-state index contributed by atoms with van der Waals surface area (Å²) < 4.78 is 0. The number of hydrogen-bond acceptors (Lipinski definition) is 1. The second kappa shape index (κ2) is 7.28. The summed E-state index contributed by atoms with van der Waals surface area (Å²) in [5.41, 5.74) is 0.139. The molecule has 0 amide bonds. The Morgan fingerprint density at radius 1 is 1.14 bits per heavy atom. The summed E-state index contributed by atoms with van der Waals surface area (Å²) in [5.74, 6) is 1.04. The molecule has 0 bridgehead atoms. The molecule has 1 rings (SSSR count). The number of aliphatic hydroxyl groups excluding tert-OH is 1. The van der Waals surface area contributed by atoms with Gasteiger partial charge in [0.15, 0.2) is 0 Å². The molecule has 1 saturated carbocycles. The van der Waals surface area contributed by atoms with Crippen LogP contribution in [0.5, 0.6) is 0 Å². The second-order valence-corrected chi connectivity index (χ2v) is 5.42. The maximum atomic E-state index is 8.59. The minimum atomic E-state index is 0.139. The average molecular weight is 200 g/mol. The molecule has 1 aliphatic carbocycles. The SMILES string of the molecule is CC1CCCCC1.CCC(C)(C)CO. The van der Waals surface area contributed by atoms with E-state index < -0.39 is 0 Å². The predicted octanol–water partition coefficient (Wildman–Crippen LogP) is 4.00. The fourth-order valence-electron chi connectivity index (χ4n) is 1.42. The van der Waals surface area contributed by atoms with Crippen LogP contribution in [0.3, 0.4) is 0 Å². The highest BCUT2D eigenvalue weighted by atomic mass is 16.3. The van der Waals surface area contributed by atoms with Crippen molar-refractivity contribution in [2.24, 2.45) is 11.3 Å². The summed E-state index contributed by atoms with van der Waals surface area (Å²) in [6, 6.07) is 0. The van der Waals surface area contributed by atoms with Crippen molar-refractivity contribution in [2.75, 3.05) is 6.61 Å². The van der Waals surface area contributed by atoms with Crippen molar-refractivity contribution in [3.63, 3.8) is 0 Å². The molecule has 1 aliphatic rings. The molecule has 0 aromatic carbocycles.